The quantitative estimate of drug-likeness (QED) is 0.781. The van der Waals surface area contributed by atoms with Crippen LogP contribution in [0, 0.1) is 5.92 Å². The van der Waals surface area contributed by atoms with E-state index in [1.807, 2.05) is 6.92 Å². The first-order valence-electron chi connectivity index (χ1n) is 6.38. The van der Waals surface area contributed by atoms with Crippen LogP contribution in [0.3, 0.4) is 0 Å². The smallest absolute Gasteiger partial charge is 0.326 e. The Morgan fingerprint density at radius 2 is 2.12 bits per heavy atom. The molecule has 1 aliphatic heterocycles. The maximum Gasteiger partial charge on any atom is 0.326 e. The molecular weight excluding hydrogens is 220 g/mol. The molecule has 2 atom stereocenters. The first-order valence-corrected chi connectivity index (χ1v) is 6.38. The summed E-state index contributed by atoms with van der Waals surface area (Å²) >= 11 is 0. The number of amides is 2. The van der Waals surface area contributed by atoms with Gasteiger partial charge in [-0.2, -0.15) is 0 Å². The third-order valence-corrected chi connectivity index (χ3v) is 3.55. The first-order chi connectivity index (χ1) is 8.08. The van der Waals surface area contributed by atoms with E-state index in [9.17, 15) is 9.59 Å². The highest BCUT2D eigenvalue weighted by atomic mass is 16.4. The van der Waals surface area contributed by atoms with Gasteiger partial charge in [0, 0.05) is 12.6 Å². The molecule has 96 valence electrons. The third-order valence-electron chi connectivity index (χ3n) is 3.55. The van der Waals surface area contributed by atoms with Gasteiger partial charge >= 0.3 is 12.0 Å². The Morgan fingerprint density at radius 3 is 2.71 bits per heavy atom. The second kappa shape index (κ2) is 4.94. The van der Waals surface area contributed by atoms with Gasteiger partial charge in [-0.25, -0.2) is 9.59 Å². The molecule has 0 aromatic carbocycles. The van der Waals surface area contributed by atoms with Crippen LogP contribution in [0.2, 0.25) is 0 Å². The lowest BCUT2D eigenvalue weighted by atomic mass is 10.1. The minimum atomic E-state index is -0.896. The Hall–Kier alpha value is -1.26. The van der Waals surface area contributed by atoms with Crippen molar-refractivity contribution in [3.63, 3.8) is 0 Å². The van der Waals surface area contributed by atoms with E-state index < -0.39 is 12.0 Å². The van der Waals surface area contributed by atoms with E-state index in [0.29, 0.717) is 13.0 Å². The van der Waals surface area contributed by atoms with Crippen molar-refractivity contribution in [1.29, 1.82) is 0 Å². The van der Waals surface area contributed by atoms with E-state index >= 15 is 0 Å². The fourth-order valence-electron chi connectivity index (χ4n) is 2.47. The number of carboxylic acid groups (broad SMARTS) is 1. The van der Waals surface area contributed by atoms with Gasteiger partial charge in [0.1, 0.15) is 6.04 Å². The van der Waals surface area contributed by atoms with E-state index in [1.54, 1.807) is 0 Å². The zero-order valence-corrected chi connectivity index (χ0v) is 10.2. The average molecular weight is 240 g/mol. The summed E-state index contributed by atoms with van der Waals surface area (Å²) in [4.78, 5) is 24.3. The van der Waals surface area contributed by atoms with Gasteiger partial charge in [0.25, 0.3) is 0 Å². The number of rotatable bonds is 4. The summed E-state index contributed by atoms with van der Waals surface area (Å²) < 4.78 is 0. The van der Waals surface area contributed by atoms with Crippen LogP contribution in [0.5, 0.6) is 0 Å². The maximum atomic E-state index is 11.9. The van der Waals surface area contributed by atoms with E-state index in [2.05, 4.69) is 5.32 Å². The second-order valence-electron chi connectivity index (χ2n) is 5.22. The van der Waals surface area contributed by atoms with E-state index in [0.717, 1.165) is 18.8 Å². The molecule has 0 aromatic heterocycles. The third kappa shape index (κ3) is 3.11. The lowest BCUT2D eigenvalue weighted by molar-refractivity contribution is -0.141. The van der Waals surface area contributed by atoms with E-state index in [1.165, 1.54) is 17.7 Å². The molecule has 1 heterocycles. The number of nitrogens with zero attached hydrogens (tertiary/aromatic N) is 1. The second-order valence-corrected chi connectivity index (χ2v) is 5.22. The van der Waals surface area contributed by atoms with E-state index in [4.69, 9.17) is 5.11 Å². The van der Waals surface area contributed by atoms with Crippen LogP contribution >= 0.6 is 0 Å². The Balaban J connectivity index is 1.83. The number of carboxylic acids is 1. The number of carbonyl (C=O) groups excluding carboxylic acids is 1. The number of carbonyl (C=O) groups is 2. The summed E-state index contributed by atoms with van der Waals surface area (Å²) in [5, 5.41) is 11.9. The van der Waals surface area contributed by atoms with Crippen LogP contribution in [0.25, 0.3) is 0 Å². The van der Waals surface area contributed by atoms with Gasteiger partial charge in [-0.05, 0) is 32.1 Å². The number of nitrogens with one attached hydrogen (secondary N) is 1. The molecule has 0 radical (unpaired) electrons. The molecule has 2 fully saturated rings. The van der Waals surface area contributed by atoms with Crippen molar-refractivity contribution in [1.82, 2.24) is 10.2 Å². The Bertz CT molecular complexity index is 315. The average Bonchev–Trinajstić information content (AvgIpc) is 2.92. The Kier molecular flexibility index (Phi) is 3.54. The van der Waals surface area contributed by atoms with Gasteiger partial charge in [-0.15, -0.1) is 0 Å². The molecule has 5 nitrogen and oxygen atoms in total. The van der Waals surface area contributed by atoms with Crippen LogP contribution < -0.4 is 5.32 Å². The molecule has 0 aromatic rings. The Labute approximate surface area is 101 Å². The molecule has 5 heteroatoms. The first kappa shape index (κ1) is 12.2. The minimum Gasteiger partial charge on any atom is -0.480 e. The summed E-state index contributed by atoms with van der Waals surface area (Å²) in [7, 11) is 0. The molecule has 2 N–H and O–H groups in total. The van der Waals surface area contributed by atoms with Crippen LogP contribution in [0.15, 0.2) is 0 Å². The monoisotopic (exact) mass is 240 g/mol. The van der Waals surface area contributed by atoms with Gasteiger partial charge in [0.15, 0.2) is 0 Å². The number of urea groups is 1. The highest BCUT2D eigenvalue weighted by molar-refractivity contribution is 5.83. The predicted molar refractivity (Wildman–Crippen MR) is 62.7 cm³/mol. The predicted octanol–water partition coefficient (Wildman–Crippen LogP) is 1.43. The summed E-state index contributed by atoms with van der Waals surface area (Å²) in [6.07, 6.45) is 4.89. The van der Waals surface area contributed by atoms with Crippen molar-refractivity contribution in [3.05, 3.63) is 0 Å². The lowest BCUT2D eigenvalue weighted by Crippen LogP contribution is -2.48. The van der Waals surface area contributed by atoms with Crippen LogP contribution in [-0.2, 0) is 4.79 Å². The molecule has 1 saturated carbocycles. The largest absolute Gasteiger partial charge is 0.480 e. The summed E-state index contributed by atoms with van der Waals surface area (Å²) in [6, 6.07) is -0.712. The lowest BCUT2D eigenvalue weighted by Gasteiger charge is -2.24. The van der Waals surface area contributed by atoms with Crippen LogP contribution in [-0.4, -0.2) is 40.6 Å². The zero-order valence-electron chi connectivity index (χ0n) is 10.2. The molecule has 2 aliphatic rings. The fourth-order valence-corrected chi connectivity index (χ4v) is 2.47. The molecule has 1 saturated heterocycles. The number of hydrogen-bond donors (Lipinski definition) is 2. The number of likely N-dealkylation sites (tertiary alicyclic amines) is 1. The highest BCUT2D eigenvalue weighted by Gasteiger charge is 2.34. The topological polar surface area (TPSA) is 69.6 Å². The van der Waals surface area contributed by atoms with Crippen molar-refractivity contribution in [2.75, 3.05) is 6.54 Å². The maximum absolute atomic E-state index is 11.9. The van der Waals surface area contributed by atoms with Gasteiger partial charge < -0.3 is 15.3 Å². The van der Waals surface area contributed by atoms with Crippen molar-refractivity contribution < 1.29 is 14.7 Å². The molecule has 0 bridgehead atoms. The van der Waals surface area contributed by atoms with Crippen molar-refractivity contribution in [2.24, 2.45) is 5.92 Å². The molecule has 2 rings (SSSR count). The van der Waals surface area contributed by atoms with Crippen LogP contribution in [0.4, 0.5) is 4.79 Å². The molecule has 0 spiro atoms. The molecule has 2 unspecified atom stereocenters. The standard InChI is InChI=1S/C12H20N2O3/c1-8(7-9-4-5-9)13-12(17)14-6-2-3-10(14)11(15)16/h8-10H,2-7H2,1H3,(H,13,17)(H,15,16). The molecule has 2 amide bonds. The van der Waals surface area contributed by atoms with Gasteiger partial charge in [-0.1, -0.05) is 12.8 Å². The van der Waals surface area contributed by atoms with Gasteiger partial charge in [-0.3, -0.25) is 0 Å². The SMILES string of the molecule is CC(CC1CC1)NC(=O)N1CCCC1C(=O)O. The van der Waals surface area contributed by atoms with Gasteiger partial charge in [0.2, 0.25) is 0 Å². The molecular formula is C12H20N2O3. The number of hydrogen-bond acceptors (Lipinski definition) is 2. The van der Waals surface area contributed by atoms with Gasteiger partial charge in [0.05, 0.1) is 0 Å². The van der Waals surface area contributed by atoms with Crippen molar-refractivity contribution >= 4 is 12.0 Å². The van der Waals surface area contributed by atoms with E-state index in [-0.39, 0.29) is 12.1 Å². The normalized spacial score (nSPS) is 25.7. The molecule has 1 aliphatic carbocycles. The number of aliphatic carboxylic acids is 1. The van der Waals surface area contributed by atoms with Crippen molar-refractivity contribution in [2.45, 2.75) is 51.1 Å². The van der Waals surface area contributed by atoms with Crippen LogP contribution in [0.1, 0.15) is 39.0 Å². The minimum absolute atomic E-state index is 0.144. The summed E-state index contributed by atoms with van der Waals surface area (Å²) in [5.41, 5.74) is 0. The fraction of sp³-hybridized carbons (Fsp3) is 0.833. The zero-order chi connectivity index (χ0) is 12.4. The van der Waals surface area contributed by atoms with Crippen molar-refractivity contribution in [3.8, 4) is 0 Å². The summed E-state index contributed by atoms with van der Waals surface area (Å²) in [6.45, 7) is 2.54. The molecule has 17 heavy (non-hydrogen) atoms. The summed E-state index contributed by atoms with van der Waals surface area (Å²) in [5.74, 6) is -0.133. The highest BCUT2D eigenvalue weighted by Crippen LogP contribution is 2.33. The Morgan fingerprint density at radius 1 is 1.41 bits per heavy atom.